The van der Waals surface area contributed by atoms with Gasteiger partial charge in [0.05, 0.1) is 0 Å². The number of benzene rings is 1. The van der Waals surface area contributed by atoms with E-state index in [2.05, 4.69) is 26.0 Å². The van der Waals surface area contributed by atoms with Crippen LogP contribution in [0.15, 0.2) is 18.2 Å². The van der Waals surface area contributed by atoms with Crippen molar-refractivity contribution in [1.29, 1.82) is 0 Å². The molecule has 0 unspecified atom stereocenters. The molecule has 0 aromatic heterocycles. The first-order valence-electron chi connectivity index (χ1n) is 21.1. The highest BCUT2D eigenvalue weighted by Gasteiger charge is 2.08. The van der Waals surface area contributed by atoms with E-state index < -0.39 is 0 Å². The van der Waals surface area contributed by atoms with E-state index >= 15 is 0 Å². The number of hydrogen-bond donors (Lipinski definition) is 1. The number of aryl methyl sites for hydroxylation is 1. The van der Waals surface area contributed by atoms with Gasteiger partial charge in [-0.15, -0.1) is 0 Å². The minimum absolute atomic E-state index is 0.538. The van der Waals surface area contributed by atoms with Crippen molar-refractivity contribution in [2.75, 3.05) is 0 Å². The summed E-state index contributed by atoms with van der Waals surface area (Å²) in [7, 11) is 0. The third-order valence-electron chi connectivity index (χ3n) is 10.3. The van der Waals surface area contributed by atoms with Crippen LogP contribution in [-0.4, -0.2) is 5.11 Å². The van der Waals surface area contributed by atoms with Crippen LogP contribution in [0.4, 0.5) is 0 Å². The lowest BCUT2D eigenvalue weighted by atomic mass is 9.95. The van der Waals surface area contributed by atoms with E-state index in [-0.39, 0.29) is 0 Å². The minimum atomic E-state index is 0.538. The van der Waals surface area contributed by atoms with Gasteiger partial charge >= 0.3 is 0 Å². The first-order chi connectivity index (χ1) is 22.3. The van der Waals surface area contributed by atoms with Crippen molar-refractivity contribution in [2.45, 2.75) is 245 Å². The van der Waals surface area contributed by atoms with Crippen molar-refractivity contribution in [3.05, 3.63) is 29.3 Å². The molecule has 1 heteroatoms. The monoisotopic (exact) mass is 627 g/mol. The van der Waals surface area contributed by atoms with E-state index in [0.29, 0.717) is 5.75 Å². The van der Waals surface area contributed by atoms with E-state index in [0.717, 1.165) is 12.8 Å². The molecule has 0 bridgehead atoms. The first kappa shape index (κ1) is 42.0. The van der Waals surface area contributed by atoms with Crippen LogP contribution in [0.2, 0.25) is 0 Å². The van der Waals surface area contributed by atoms with Crippen LogP contribution in [0, 0.1) is 0 Å². The summed E-state index contributed by atoms with van der Waals surface area (Å²) < 4.78 is 0. The lowest BCUT2D eigenvalue weighted by Gasteiger charge is -2.12. The predicted octanol–water partition coefficient (Wildman–Crippen LogP) is 15.8. The molecule has 1 rings (SSSR count). The zero-order chi connectivity index (χ0) is 32.3. The Morgan fingerprint density at radius 2 is 0.600 bits per heavy atom. The summed E-state index contributed by atoms with van der Waals surface area (Å²) >= 11 is 0. The van der Waals surface area contributed by atoms with Crippen molar-refractivity contribution < 1.29 is 5.11 Å². The molecule has 0 heterocycles. The molecule has 0 aliphatic carbocycles. The normalized spacial score (nSPS) is 11.5. The molecular weight excluding hydrogens is 544 g/mol. The lowest BCUT2D eigenvalue weighted by Crippen LogP contribution is -1.96. The van der Waals surface area contributed by atoms with Gasteiger partial charge in [0.2, 0.25) is 0 Å². The van der Waals surface area contributed by atoms with Crippen LogP contribution in [0.5, 0.6) is 5.75 Å². The maximum absolute atomic E-state index is 10.6. The molecular formula is C44H82O. The third-order valence-corrected chi connectivity index (χ3v) is 10.3. The highest BCUT2D eigenvalue weighted by Crippen LogP contribution is 2.26. The summed E-state index contributed by atoms with van der Waals surface area (Å²) in [6.45, 7) is 4.60. The molecule has 0 aliphatic rings. The van der Waals surface area contributed by atoms with Crippen LogP contribution in [0.3, 0.4) is 0 Å². The molecule has 0 saturated heterocycles. The molecule has 1 aromatic rings. The number of rotatable bonds is 36. The number of aromatic hydroxyl groups is 1. The van der Waals surface area contributed by atoms with Gasteiger partial charge in [0, 0.05) is 0 Å². The summed E-state index contributed by atoms with van der Waals surface area (Å²) in [5.74, 6) is 0.538. The van der Waals surface area contributed by atoms with E-state index in [1.165, 1.54) is 229 Å². The number of hydrogen-bond acceptors (Lipinski definition) is 1. The summed E-state index contributed by atoms with van der Waals surface area (Å²) in [6, 6.07) is 6.23. The fourth-order valence-corrected chi connectivity index (χ4v) is 7.21. The Balaban J connectivity index is 1.93. The summed E-state index contributed by atoms with van der Waals surface area (Å²) in [5.41, 5.74) is 2.66. The lowest BCUT2D eigenvalue weighted by molar-refractivity contribution is 0.464. The van der Waals surface area contributed by atoms with Crippen molar-refractivity contribution in [3.63, 3.8) is 0 Å². The summed E-state index contributed by atoms with van der Waals surface area (Å²) in [4.78, 5) is 0. The van der Waals surface area contributed by atoms with Crippen LogP contribution in [-0.2, 0) is 12.8 Å². The molecule has 0 fully saturated rings. The van der Waals surface area contributed by atoms with Gasteiger partial charge in [0.1, 0.15) is 5.75 Å². The fraction of sp³-hybridized carbons (Fsp3) is 0.864. The summed E-state index contributed by atoms with van der Waals surface area (Å²) in [6.07, 6.45) is 50.4. The molecule has 0 radical (unpaired) electrons. The molecule has 264 valence electrons. The molecule has 0 amide bonds. The van der Waals surface area contributed by atoms with Crippen LogP contribution in [0.1, 0.15) is 243 Å². The van der Waals surface area contributed by atoms with E-state index in [1.807, 2.05) is 6.07 Å². The van der Waals surface area contributed by atoms with Crippen molar-refractivity contribution in [2.24, 2.45) is 0 Å². The van der Waals surface area contributed by atoms with Crippen molar-refractivity contribution in [1.82, 2.24) is 0 Å². The molecule has 0 saturated carbocycles. The zero-order valence-corrected chi connectivity index (χ0v) is 31.1. The molecule has 0 aliphatic heterocycles. The third kappa shape index (κ3) is 27.8. The number of unbranched alkanes of at least 4 members (excludes halogenated alkanes) is 32. The van der Waals surface area contributed by atoms with E-state index in [4.69, 9.17) is 0 Å². The highest BCUT2D eigenvalue weighted by molar-refractivity contribution is 5.39. The van der Waals surface area contributed by atoms with Gasteiger partial charge < -0.3 is 5.11 Å². The Morgan fingerprint density at radius 1 is 0.333 bits per heavy atom. The summed E-state index contributed by atoms with van der Waals surface area (Å²) in [5, 5.41) is 10.6. The van der Waals surface area contributed by atoms with Gasteiger partial charge in [-0.25, -0.2) is 0 Å². The Morgan fingerprint density at radius 3 is 0.911 bits per heavy atom. The quantitative estimate of drug-likeness (QED) is 0.0735. The van der Waals surface area contributed by atoms with Crippen molar-refractivity contribution >= 4 is 0 Å². The molecule has 1 N–H and O–H groups in total. The van der Waals surface area contributed by atoms with Gasteiger partial charge in [0.15, 0.2) is 0 Å². The van der Waals surface area contributed by atoms with E-state index in [1.54, 1.807) is 0 Å². The zero-order valence-electron chi connectivity index (χ0n) is 31.1. The average molecular weight is 627 g/mol. The van der Waals surface area contributed by atoms with Crippen LogP contribution >= 0.6 is 0 Å². The number of phenolic OH excluding ortho intramolecular Hbond substituents is 1. The molecule has 0 spiro atoms. The average Bonchev–Trinajstić information content (AvgIpc) is 3.05. The van der Waals surface area contributed by atoms with Crippen LogP contribution in [0.25, 0.3) is 0 Å². The first-order valence-corrected chi connectivity index (χ1v) is 21.1. The smallest absolute Gasteiger partial charge is 0.119 e. The van der Waals surface area contributed by atoms with Crippen molar-refractivity contribution in [3.8, 4) is 5.75 Å². The highest BCUT2D eigenvalue weighted by atomic mass is 16.3. The Kier molecular flexibility index (Phi) is 32.1. The molecule has 1 aromatic carbocycles. The fourth-order valence-electron chi connectivity index (χ4n) is 7.21. The second-order valence-electron chi connectivity index (χ2n) is 14.7. The molecule has 45 heavy (non-hydrogen) atoms. The molecule has 1 nitrogen and oxygen atoms in total. The molecule has 0 atom stereocenters. The maximum atomic E-state index is 10.6. The van der Waals surface area contributed by atoms with Gasteiger partial charge in [-0.2, -0.15) is 0 Å². The predicted molar refractivity (Wildman–Crippen MR) is 204 cm³/mol. The standard InChI is InChI=1S/C44H82O/c1-3-5-7-9-11-13-15-17-19-21-23-25-27-29-31-33-35-38-42-39-37-41-44(45)43(42)40-36-34-32-30-28-26-24-22-20-18-16-14-12-10-8-6-4-2/h37,39,41,45H,3-36,38,40H2,1-2H3. The number of phenols is 1. The second-order valence-corrected chi connectivity index (χ2v) is 14.7. The Bertz CT molecular complexity index is 709. The Labute approximate surface area is 284 Å². The van der Waals surface area contributed by atoms with Gasteiger partial charge in [0.25, 0.3) is 0 Å². The topological polar surface area (TPSA) is 20.2 Å². The second kappa shape index (κ2) is 34.4. The van der Waals surface area contributed by atoms with Gasteiger partial charge in [-0.1, -0.05) is 231 Å². The Hall–Kier alpha value is -0.980. The van der Waals surface area contributed by atoms with Gasteiger partial charge in [-0.05, 0) is 42.9 Å². The van der Waals surface area contributed by atoms with E-state index in [9.17, 15) is 5.11 Å². The van der Waals surface area contributed by atoms with Crippen LogP contribution < -0.4 is 0 Å². The van der Waals surface area contributed by atoms with Gasteiger partial charge in [-0.3, -0.25) is 0 Å². The largest absolute Gasteiger partial charge is 0.508 e. The SMILES string of the molecule is CCCCCCCCCCCCCCCCCCCc1cccc(O)c1CCCCCCCCCCCCCCCCCCC. The maximum Gasteiger partial charge on any atom is 0.119 e. The minimum Gasteiger partial charge on any atom is -0.508 e.